The highest BCUT2D eigenvalue weighted by atomic mass is 16.8. The second-order valence-corrected chi connectivity index (χ2v) is 4.96. The number of hydrogen-bond acceptors (Lipinski definition) is 6. The number of allylic oxidation sites excluding steroid dienone is 1. The summed E-state index contributed by atoms with van der Waals surface area (Å²) in [7, 11) is 2.49. The van der Waals surface area contributed by atoms with Crippen LogP contribution in [0, 0.1) is 5.92 Å². The monoisotopic (exact) mass is 286 g/mol. The van der Waals surface area contributed by atoms with Crippen molar-refractivity contribution in [3.63, 3.8) is 0 Å². The average molecular weight is 286 g/mol. The van der Waals surface area contributed by atoms with Crippen molar-refractivity contribution in [3.05, 3.63) is 11.6 Å². The molecular weight excluding hydrogens is 264 g/mol. The van der Waals surface area contributed by atoms with Crippen LogP contribution in [0.5, 0.6) is 0 Å². The van der Waals surface area contributed by atoms with Crippen molar-refractivity contribution in [1.82, 2.24) is 0 Å². The Morgan fingerprint density at radius 3 is 2.35 bits per heavy atom. The Morgan fingerprint density at radius 1 is 1.15 bits per heavy atom. The third-order valence-electron chi connectivity index (χ3n) is 3.38. The molecule has 3 atom stereocenters. The first-order valence-corrected chi connectivity index (χ1v) is 6.62. The molecule has 0 saturated heterocycles. The SMILES string of the molecule is COC(=O)OC1C/C(C)=C\CCC(C)C1OC(=O)OC. The predicted octanol–water partition coefficient (Wildman–Crippen LogP) is 3.06. The van der Waals surface area contributed by atoms with Gasteiger partial charge in [-0.1, -0.05) is 18.6 Å². The van der Waals surface area contributed by atoms with Gasteiger partial charge in [-0.25, -0.2) is 9.59 Å². The minimum atomic E-state index is -0.783. The second-order valence-electron chi connectivity index (χ2n) is 4.96. The number of carbonyl (C=O) groups is 2. The van der Waals surface area contributed by atoms with Crippen LogP contribution in [-0.4, -0.2) is 38.7 Å². The highest BCUT2D eigenvalue weighted by Gasteiger charge is 2.35. The molecule has 0 saturated carbocycles. The normalized spacial score (nSPS) is 29.2. The summed E-state index contributed by atoms with van der Waals surface area (Å²) < 4.78 is 19.6. The van der Waals surface area contributed by atoms with Gasteiger partial charge in [0.05, 0.1) is 14.2 Å². The molecule has 0 radical (unpaired) electrons. The molecule has 6 heteroatoms. The third kappa shape index (κ3) is 4.75. The summed E-state index contributed by atoms with van der Waals surface area (Å²) in [4.78, 5) is 22.7. The van der Waals surface area contributed by atoms with E-state index in [0.717, 1.165) is 18.4 Å². The lowest BCUT2D eigenvalue weighted by atomic mass is 9.88. The summed E-state index contributed by atoms with van der Waals surface area (Å²) in [6, 6.07) is 0. The van der Waals surface area contributed by atoms with Gasteiger partial charge in [0, 0.05) is 6.42 Å². The van der Waals surface area contributed by atoms with Crippen molar-refractivity contribution < 1.29 is 28.5 Å². The van der Waals surface area contributed by atoms with E-state index in [0.29, 0.717) is 6.42 Å². The maximum absolute atomic E-state index is 11.4. The van der Waals surface area contributed by atoms with Crippen LogP contribution < -0.4 is 0 Å². The van der Waals surface area contributed by atoms with Gasteiger partial charge in [-0.2, -0.15) is 0 Å². The van der Waals surface area contributed by atoms with Crippen molar-refractivity contribution in [3.8, 4) is 0 Å². The van der Waals surface area contributed by atoms with Crippen molar-refractivity contribution in [2.24, 2.45) is 5.92 Å². The molecule has 0 amide bonds. The van der Waals surface area contributed by atoms with Crippen LogP contribution in [0.3, 0.4) is 0 Å². The number of hydrogen-bond donors (Lipinski definition) is 0. The average Bonchev–Trinajstić information content (AvgIpc) is 2.42. The van der Waals surface area contributed by atoms with Gasteiger partial charge in [-0.15, -0.1) is 0 Å². The molecule has 0 aromatic rings. The summed E-state index contributed by atoms with van der Waals surface area (Å²) in [5.74, 6) is 0.0492. The Kier molecular flexibility index (Phi) is 6.35. The Labute approximate surface area is 119 Å². The van der Waals surface area contributed by atoms with Gasteiger partial charge >= 0.3 is 12.3 Å². The van der Waals surface area contributed by atoms with E-state index >= 15 is 0 Å². The summed E-state index contributed by atoms with van der Waals surface area (Å²) in [6.07, 6.45) is 1.66. The molecule has 1 aliphatic rings. The minimum absolute atomic E-state index is 0.0492. The zero-order valence-electron chi connectivity index (χ0n) is 12.4. The van der Waals surface area contributed by atoms with Crippen LogP contribution in [0.25, 0.3) is 0 Å². The molecule has 0 aromatic carbocycles. The smallest absolute Gasteiger partial charge is 0.438 e. The van der Waals surface area contributed by atoms with Crippen molar-refractivity contribution >= 4 is 12.3 Å². The minimum Gasteiger partial charge on any atom is -0.438 e. The highest BCUT2D eigenvalue weighted by Crippen LogP contribution is 2.27. The van der Waals surface area contributed by atoms with Crippen LogP contribution in [0.4, 0.5) is 9.59 Å². The molecule has 114 valence electrons. The Hall–Kier alpha value is -1.72. The van der Waals surface area contributed by atoms with Crippen LogP contribution in [0.15, 0.2) is 11.6 Å². The molecule has 0 spiro atoms. The van der Waals surface area contributed by atoms with E-state index in [2.05, 4.69) is 15.5 Å². The summed E-state index contributed by atoms with van der Waals surface area (Å²) in [5, 5.41) is 0. The zero-order chi connectivity index (χ0) is 15.1. The maximum atomic E-state index is 11.4. The molecule has 6 nitrogen and oxygen atoms in total. The number of methoxy groups -OCH3 is 2. The summed E-state index contributed by atoms with van der Waals surface area (Å²) in [5.41, 5.74) is 1.09. The van der Waals surface area contributed by atoms with Gasteiger partial charge in [-0.3, -0.25) is 0 Å². The highest BCUT2D eigenvalue weighted by molar-refractivity contribution is 5.61. The van der Waals surface area contributed by atoms with Gasteiger partial charge < -0.3 is 18.9 Å². The lowest BCUT2D eigenvalue weighted by Crippen LogP contribution is -2.40. The quantitative estimate of drug-likeness (QED) is 0.574. The lowest BCUT2D eigenvalue weighted by Gasteiger charge is -2.31. The second kappa shape index (κ2) is 7.77. The molecule has 0 aromatic heterocycles. The van der Waals surface area contributed by atoms with E-state index in [1.165, 1.54) is 14.2 Å². The molecule has 0 heterocycles. The Morgan fingerprint density at radius 2 is 1.75 bits per heavy atom. The first kappa shape index (κ1) is 16.3. The number of carbonyl (C=O) groups excluding carboxylic acids is 2. The van der Waals surface area contributed by atoms with Gasteiger partial charge in [0.15, 0.2) is 0 Å². The van der Waals surface area contributed by atoms with Gasteiger partial charge in [0.1, 0.15) is 12.2 Å². The van der Waals surface area contributed by atoms with Crippen LogP contribution >= 0.6 is 0 Å². The van der Waals surface area contributed by atoms with Crippen molar-refractivity contribution in [1.29, 1.82) is 0 Å². The molecule has 20 heavy (non-hydrogen) atoms. The summed E-state index contributed by atoms with van der Waals surface area (Å²) in [6.45, 7) is 3.91. The maximum Gasteiger partial charge on any atom is 0.508 e. The number of ether oxygens (including phenoxy) is 4. The molecule has 3 unspecified atom stereocenters. The standard InChI is InChI=1S/C14H22O6/c1-9-6-5-7-10(2)12(20-14(16)18-4)11(8-9)19-13(15)17-3/h6,10-12H,5,7-8H2,1-4H3/b9-6-. The first-order valence-electron chi connectivity index (χ1n) is 6.62. The lowest BCUT2D eigenvalue weighted by molar-refractivity contribution is -0.0688. The summed E-state index contributed by atoms with van der Waals surface area (Å²) >= 11 is 0. The van der Waals surface area contributed by atoms with E-state index < -0.39 is 24.5 Å². The molecule has 0 aliphatic heterocycles. The van der Waals surface area contributed by atoms with E-state index in [1.807, 2.05) is 13.8 Å². The van der Waals surface area contributed by atoms with Crippen molar-refractivity contribution in [2.45, 2.75) is 45.3 Å². The van der Waals surface area contributed by atoms with Gasteiger partial charge in [0.2, 0.25) is 0 Å². The fourth-order valence-electron chi connectivity index (χ4n) is 2.27. The first-order chi connectivity index (χ1) is 9.47. The molecule has 0 fully saturated rings. The molecule has 0 bridgehead atoms. The van der Waals surface area contributed by atoms with E-state index in [4.69, 9.17) is 9.47 Å². The van der Waals surface area contributed by atoms with E-state index in [-0.39, 0.29) is 5.92 Å². The van der Waals surface area contributed by atoms with Crippen LogP contribution in [0.1, 0.15) is 33.1 Å². The zero-order valence-corrected chi connectivity index (χ0v) is 12.4. The van der Waals surface area contributed by atoms with Gasteiger partial charge in [-0.05, 0) is 25.7 Å². The Balaban J connectivity index is 2.90. The fourth-order valence-corrected chi connectivity index (χ4v) is 2.27. The number of rotatable bonds is 2. The molecule has 1 aliphatic carbocycles. The van der Waals surface area contributed by atoms with Gasteiger partial charge in [0.25, 0.3) is 0 Å². The Bertz CT molecular complexity index is 376. The molecule has 0 N–H and O–H groups in total. The third-order valence-corrected chi connectivity index (χ3v) is 3.38. The van der Waals surface area contributed by atoms with E-state index in [9.17, 15) is 9.59 Å². The van der Waals surface area contributed by atoms with E-state index in [1.54, 1.807) is 0 Å². The molecule has 1 rings (SSSR count). The largest absolute Gasteiger partial charge is 0.508 e. The fraction of sp³-hybridized carbons (Fsp3) is 0.714. The van der Waals surface area contributed by atoms with Crippen LogP contribution in [0.2, 0.25) is 0 Å². The molecular formula is C14H22O6. The van der Waals surface area contributed by atoms with Crippen molar-refractivity contribution in [2.75, 3.05) is 14.2 Å². The van der Waals surface area contributed by atoms with Crippen LogP contribution in [-0.2, 0) is 18.9 Å². The predicted molar refractivity (Wildman–Crippen MR) is 71.3 cm³/mol. The topological polar surface area (TPSA) is 71.1 Å².